The summed E-state index contributed by atoms with van der Waals surface area (Å²) < 4.78 is 13.5. The third-order valence-corrected chi connectivity index (χ3v) is 10.9. The van der Waals surface area contributed by atoms with E-state index in [1.54, 1.807) is 0 Å². The van der Waals surface area contributed by atoms with Gasteiger partial charge in [-0.1, -0.05) is 146 Å². The van der Waals surface area contributed by atoms with Crippen molar-refractivity contribution in [3.05, 3.63) is 200 Å². The van der Waals surface area contributed by atoms with Crippen LogP contribution < -0.4 is 4.90 Å². The number of nitrogens with zero attached hydrogens (tertiary/aromatic N) is 1. The van der Waals surface area contributed by atoms with Gasteiger partial charge in [0, 0.05) is 21.8 Å². The van der Waals surface area contributed by atoms with Crippen molar-refractivity contribution in [1.29, 1.82) is 0 Å². The molecule has 55 heavy (non-hydrogen) atoms. The number of furan rings is 2. The first-order valence-corrected chi connectivity index (χ1v) is 18.7. The predicted octanol–water partition coefficient (Wildman–Crippen LogP) is 15.1. The molecule has 258 valence electrons. The minimum Gasteiger partial charge on any atom is -0.456 e. The Balaban J connectivity index is 1.15. The Morgan fingerprint density at radius 3 is 1.80 bits per heavy atom. The quantitative estimate of drug-likeness (QED) is 0.173. The fourth-order valence-electron chi connectivity index (χ4n) is 8.23. The molecule has 0 spiro atoms. The second-order valence-electron chi connectivity index (χ2n) is 14.1. The van der Waals surface area contributed by atoms with Crippen molar-refractivity contribution >= 4 is 71.7 Å². The van der Waals surface area contributed by atoms with E-state index < -0.39 is 0 Å². The lowest BCUT2D eigenvalue weighted by Crippen LogP contribution is -2.10. The lowest BCUT2D eigenvalue weighted by molar-refractivity contribution is 0.668. The lowest BCUT2D eigenvalue weighted by atomic mass is 9.97. The van der Waals surface area contributed by atoms with Gasteiger partial charge in [-0.3, -0.25) is 0 Å². The molecule has 9 aromatic carbocycles. The van der Waals surface area contributed by atoms with Crippen LogP contribution in [0.2, 0.25) is 0 Å². The maximum atomic E-state index is 6.88. The number of fused-ring (bicyclic) bond motifs is 7. The van der Waals surface area contributed by atoms with Gasteiger partial charge in [0.2, 0.25) is 0 Å². The summed E-state index contributed by atoms with van der Waals surface area (Å²) in [6, 6.07) is 70.8. The van der Waals surface area contributed by atoms with Crippen molar-refractivity contribution in [2.45, 2.75) is 0 Å². The standard InChI is InChI=1S/C52H33NO2/c1-3-12-34(13-4-1)40-26-29-44-49(33-40)54-48-21-11-19-45(51(44)48)53(41-27-24-36(25-28-41)39-23-22-35-14-7-8-17-38(35)32-39)46-31-30-42(37-15-5-2-6-16-37)50-43-18-9-10-20-47(43)55-52(46)50/h1-33H. The van der Waals surface area contributed by atoms with Crippen LogP contribution in [0.25, 0.3) is 88.0 Å². The molecular weight excluding hydrogens is 671 g/mol. The van der Waals surface area contributed by atoms with E-state index in [-0.39, 0.29) is 0 Å². The Labute approximate surface area is 317 Å². The second kappa shape index (κ2) is 12.6. The van der Waals surface area contributed by atoms with Gasteiger partial charge >= 0.3 is 0 Å². The maximum Gasteiger partial charge on any atom is 0.160 e. The van der Waals surface area contributed by atoms with Gasteiger partial charge in [-0.25, -0.2) is 0 Å². The van der Waals surface area contributed by atoms with Crippen molar-refractivity contribution < 1.29 is 8.83 Å². The molecule has 3 heteroatoms. The summed E-state index contributed by atoms with van der Waals surface area (Å²) in [4.78, 5) is 2.34. The smallest absolute Gasteiger partial charge is 0.160 e. The van der Waals surface area contributed by atoms with Gasteiger partial charge in [0.05, 0.1) is 16.8 Å². The summed E-state index contributed by atoms with van der Waals surface area (Å²) in [7, 11) is 0. The van der Waals surface area contributed by atoms with E-state index in [0.29, 0.717) is 0 Å². The van der Waals surface area contributed by atoms with Gasteiger partial charge in [0.1, 0.15) is 16.7 Å². The fraction of sp³-hybridized carbons (Fsp3) is 0. The minimum absolute atomic E-state index is 0.831. The highest BCUT2D eigenvalue weighted by Gasteiger charge is 2.25. The molecule has 0 saturated heterocycles. The SMILES string of the molecule is c1ccc(-c2ccc3c(c2)oc2cccc(N(c4ccc(-c5ccc6ccccc6c5)cc4)c4ccc(-c5ccccc5)c5c4oc4ccccc45)c23)cc1. The van der Waals surface area contributed by atoms with E-state index >= 15 is 0 Å². The highest BCUT2D eigenvalue weighted by atomic mass is 16.3. The minimum atomic E-state index is 0.831. The molecule has 0 bridgehead atoms. The number of para-hydroxylation sites is 1. The van der Waals surface area contributed by atoms with Crippen molar-refractivity contribution in [3.8, 4) is 33.4 Å². The van der Waals surface area contributed by atoms with Crippen LogP contribution in [0.4, 0.5) is 17.1 Å². The molecule has 0 fully saturated rings. The molecule has 0 N–H and O–H groups in total. The summed E-state index contributed by atoms with van der Waals surface area (Å²) in [6.07, 6.45) is 0. The van der Waals surface area contributed by atoms with E-state index in [0.717, 1.165) is 88.8 Å². The Bertz CT molecular complexity index is 3190. The molecule has 0 radical (unpaired) electrons. The summed E-state index contributed by atoms with van der Waals surface area (Å²) >= 11 is 0. The highest BCUT2D eigenvalue weighted by molar-refractivity contribution is 6.19. The monoisotopic (exact) mass is 703 g/mol. The molecule has 11 aromatic rings. The van der Waals surface area contributed by atoms with Gasteiger partial charge < -0.3 is 13.7 Å². The molecule has 2 heterocycles. The highest BCUT2D eigenvalue weighted by Crippen LogP contribution is 2.49. The maximum absolute atomic E-state index is 6.88. The van der Waals surface area contributed by atoms with Crippen LogP contribution >= 0.6 is 0 Å². The molecular formula is C52H33NO2. The molecule has 0 unspecified atom stereocenters. The van der Waals surface area contributed by atoms with Crippen LogP contribution in [0.1, 0.15) is 0 Å². The predicted molar refractivity (Wildman–Crippen MR) is 229 cm³/mol. The summed E-state index contributed by atoms with van der Waals surface area (Å²) in [6.45, 7) is 0. The van der Waals surface area contributed by atoms with Crippen LogP contribution in [-0.4, -0.2) is 0 Å². The zero-order chi connectivity index (χ0) is 36.3. The van der Waals surface area contributed by atoms with Gasteiger partial charge in [0.15, 0.2) is 5.58 Å². The number of hydrogen-bond acceptors (Lipinski definition) is 3. The Morgan fingerprint density at radius 1 is 0.327 bits per heavy atom. The molecule has 0 saturated carbocycles. The van der Waals surface area contributed by atoms with Crippen molar-refractivity contribution in [2.24, 2.45) is 0 Å². The average Bonchev–Trinajstić information content (AvgIpc) is 3.84. The Kier molecular flexibility index (Phi) is 7.17. The Hall–Kier alpha value is -7.36. The first-order valence-electron chi connectivity index (χ1n) is 18.7. The molecule has 0 atom stereocenters. The van der Waals surface area contributed by atoms with E-state index in [1.165, 1.54) is 16.3 Å². The summed E-state index contributed by atoms with van der Waals surface area (Å²) in [5, 5.41) is 6.75. The number of hydrogen-bond donors (Lipinski definition) is 0. The first kappa shape index (κ1) is 31.2. The zero-order valence-electron chi connectivity index (χ0n) is 29.8. The van der Waals surface area contributed by atoms with Crippen LogP contribution in [0.3, 0.4) is 0 Å². The van der Waals surface area contributed by atoms with Crippen molar-refractivity contribution in [1.82, 2.24) is 0 Å². The summed E-state index contributed by atoms with van der Waals surface area (Å²) in [5.41, 5.74) is 13.2. The van der Waals surface area contributed by atoms with Gasteiger partial charge in [-0.05, 0) is 98.8 Å². The average molecular weight is 704 g/mol. The molecule has 0 amide bonds. The van der Waals surface area contributed by atoms with Gasteiger partial charge in [-0.2, -0.15) is 0 Å². The van der Waals surface area contributed by atoms with Gasteiger partial charge in [-0.15, -0.1) is 0 Å². The van der Waals surface area contributed by atoms with Crippen LogP contribution in [0, 0.1) is 0 Å². The third kappa shape index (κ3) is 5.20. The molecule has 0 aliphatic rings. The number of rotatable bonds is 6. The molecule has 3 nitrogen and oxygen atoms in total. The lowest BCUT2D eigenvalue weighted by Gasteiger charge is -2.27. The molecule has 11 rings (SSSR count). The van der Waals surface area contributed by atoms with E-state index in [1.807, 2.05) is 12.1 Å². The third-order valence-electron chi connectivity index (χ3n) is 10.9. The molecule has 0 aliphatic heterocycles. The normalized spacial score (nSPS) is 11.6. The number of anilines is 3. The fourth-order valence-corrected chi connectivity index (χ4v) is 8.23. The van der Waals surface area contributed by atoms with E-state index in [2.05, 4.69) is 193 Å². The second-order valence-corrected chi connectivity index (χ2v) is 14.1. The van der Waals surface area contributed by atoms with Crippen molar-refractivity contribution in [3.63, 3.8) is 0 Å². The van der Waals surface area contributed by atoms with Crippen molar-refractivity contribution in [2.75, 3.05) is 4.90 Å². The van der Waals surface area contributed by atoms with Crippen LogP contribution in [0.15, 0.2) is 209 Å². The van der Waals surface area contributed by atoms with Crippen LogP contribution in [-0.2, 0) is 0 Å². The molecule has 2 aromatic heterocycles. The summed E-state index contributed by atoms with van der Waals surface area (Å²) in [5.74, 6) is 0. The van der Waals surface area contributed by atoms with E-state index in [4.69, 9.17) is 8.83 Å². The Morgan fingerprint density at radius 2 is 0.964 bits per heavy atom. The first-order chi connectivity index (χ1) is 27.3. The van der Waals surface area contributed by atoms with Gasteiger partial charge in [0.25, 0.3) is 0 Å². The van der Waals surface area contributed by atoms with E-state index in [9.17, 15) is 0 Å². The van der Waals surface area contributed by atoms with Crippen LogP contribution in [0.5, 0.6) is 0 Å². The molecule has 0 aliphatic carbocycles. The number of benzene rings is 9. The topological polar surface area (TPSA) is 29.5 Å². The largest absolute Gasteiger partial charge is 0.456 e. The zero-order valence-corrected chi connectivity index (χ0v) is 29.8.